The maximum absolute atomic E-state index is 13.7. The van der Waals surface area contributed by atoms with E-state index in [4.69, 9.17) is 0 Å². The molecule has 1 aliphatic carbocycles. The minimum atomic E-state index is -0.753. The smallest absolute Gasteiger partial charge is 0.251 e. The highest BCUT2D eigenvalue weighted by atomic mass is 19.1. The SMILES string of the molecule is CCNc1c(F)cc(C(=O)NCCN(C)C2CC2)cc1F. The van der Waals surface area contributed by atoms with Crippen molar-refractivity contribution in [2.24, 2.45) is 0 Å². The number of hydrogen-bond acceptors (Lipinski definition) is 3. The Balaban J connectivity index is 1.92. The maximum Gasteiger partial charge on any atom is 0.251 e. The average Bonchev–Trinajstić information content (AvgIpc) is 3.26. The molecule has 21 heavy (non-hydrogen) atoms. The molecule has 1 aliphatic rings. The van der Waals surface area contributed by atoms with Crippen LogP contribution in [0.25, 0.3) is 0 Å². The van der Waals surface area contributed by atoms with E-state index in [0.717, 1.165) is 18.7 Å². The molecule has 0 aliphatic heterocycles. The van der Waals surface area contributed by atoms with E-state index in [2.05, 4.69) is 15.5 Å². The number of likely N-dealkylation sites (N-methyl/N-ethyl adjacent to an activating group) is 1. The quantitative estimate of drug-likeness (QED) is 0.811. The lowest BCUT2D eigenvalue weighted by Gasteiger charge is -2.16. The van der Waals surface area contributed by atoms with Crippen LogP contribution >= 0.6 is 0 Å². The molecule has 4 nitrogen and oxygen atoms in total. The number of rotatable bonds is 7. The summed E-state index contributed by atoms with van der Waals surface area (Å²) in [5.41, 5.74) is -0.191. The second kappa shape index (κ2) is 6.85. The number of hydrogen-bond donors (Lipinski definition) is 2. The number of nitrogens with zero attached hydrogens (tertiary/aromatic N) is 1. The van der Waals surface area contributed by atoms with Crippen LogP contribution in [0.5, 0.6) is 0 Å². The fraction of sp³-hybridized carbons (Fsp3) is 0.533. The summed E-state index contributed by atoms with van der Waals surface area (Å²) in [5, 5.41) is 5.28. The van der Waals surface area contributed by atoms with Crippen LogP contribution in [0.1, 0.15) is 30.1 Å². The Hall–Kier alpha value is -1.69. The molecule has 0 spiro atoms. The fourth-order valence-corrected chi connectivity index (χ4v) is 2.20. The summed E-state index contributed by atoms with van der Waals surface area (Å²) in [4.78, 5) is 14.1. The Morgan fingerprint density at radius 2 is 1.95 bits per heavy atom. The van der Waals surface area contributed by atoms with E-state index in [1.165, 1.54) is 12.8 Å². The molecular formula is C15H21F2N3O. The van der Waals surface area contributed by atoms with Crippen LogP contribution in [0.15, 0.2) is 12.1 Å². The first-order valence-corrected chi connectivity index (χ1v) is 7.24. The number of carbonyl (C=O) groups excluding carboxylic acids is 1. The molecule has 2 rings (SSSR count). The number of nitrogens with one attached hydrogen (secondary N) is 2. The van der Waals surface area contributed by atoms with Crippen LogP contribution < -0.4 is 10.6 Å². The second-order valence-electron chi connectivity index (χ2n) is 5.31. The van der Waals surface area contributed by atoms with Crippen molar-refractivity contribution < 1.29 is 13.6 Å². The van der Waals surface area contributed by atoms with Gasteiger partial charge in [0.2, 0.25) is 0 Å². The molecule has 1 aromatic rings. The van der Waals surface area contributed by atoms with Gasteiger partial charge in [0.25, 0.3) is 5.91 Å². The lowest BCUT2D eigenvalue weighted by molar-refractivity contribution is 0.0948. The molecule has 0 unspecified atom stereocenters. The van der Waals surface area contributed by atoms with E-state index >= 15 is 0 Å². The maximum atomic E-state index is 13.7. The molecule has 1 fully saturated rings. The molecule has 1 aromatic carbocycles. The van der Waals surface area contributed by atoms with Crippen molar-refractivity contribution >= 4 is 11.6 Å². The van der Waals surface area contributed by atoms with Gasteiger partial charge >= 0.3 is 0 Å². The van der Waals surface area contributed by atoms with Crippen molar-refractivity contribution in [3.8, 4) is 0 Å². The van der Waals surface area contributed by atoms with E-state index in [9.17, 15) is 13.6 Å². The van der Waals surface area contributed by atoms with Crippen LogP contribution in [0.4, 0.5) is 14.5 Å². The molecule has 0 heterocycles. The molecule has 1 saturated carbocycles. The van der Waals surface area contributed by atoms with Gasteiger partial charge in [-0.2, -0.15) is 0 Å². The number of halogens is 2. The average molecular weight is 297 g/mol. The van der Waals surface area contributed by atoms with E-state index in [1.54, 1.807) is 6.92 Å². The van der Waals surface area contributed by atoms with Crippen LogP contribution in [-0.2, 0) is 0 Å². The number of benzene rings is 1. The first-order valence-electron chi connectivity index (χ1n) is 7.24. The summed E-state index contributed by atoms with van der Waals surface area (Å²) in [6.07, 6.45) is 2.40. The summed E-state index contributed by atoms with van der Waals surface area (Å²) < 4.78 is 27.5. The van der Waals surface area contributed by atoms with Gasteiger partial charge in [-0.1, -0.05) is 0 Å². The van der Waals surface area contributed by atoms with Gasteiger partial charge < -0.3 is 15.5 Å². The van der Waals surface area contributed by atoms with Crippen LogP contribution in [0.2, 0.25) is 0 Å². The number of amides is 1. The Labute approximate surface area is 123 Å². The highest BCUT2D eigenvalue weighted by molar-refractivity contribution is 5.94. The van der Waals surface area contributed by atoms with E-state index in [1.807, 2.05) is 7.05 Å². The molecule has 0 atom stereocenters. The van der Waals surface area contributed by atoms with Crippen LogP contribution in [0, 0.1) is 11.6 Å². The highest BCUT2D eigenvalue weighted by Gasteiger charge is 2.25. The van der Waals surface area contributed by atoms with Gasteiger partial charge in [-0.05, 0) is 38.9 Å². The standard InChI is InChI=1S/C15H21F2N3O/c1-3-18-14-12(16)8-10(9-13(14)17)15(21)19-6-7-20(2)11-4-5-11/h8-9,11,18H,3-7H2,1-2H3,(H,19,21). The van der Waals surface area contributed by atoms with Crippen molar-refractivity contribution in [3.05, 3.63) is 29.3 Å². The van der Waals surface area contributed by atoms with Crippen molar-refractivity contribution in [2.75, 3.05) is 32.0 Å². The van der Waals surface area contributed by atoms with Crippen molar-refractivity contribution in [3.63, 3.8) is 0 Å². The summed E-state index contributed by atoms with van der Waals surface area (Å²) in [6.45, 7) is 3.35. The predicted molar refractivity (Wildman–Crippen MR) is 78.5 cm³/mol. The van der Waals surface area contributed by atoms with Crippen LogP contribution in [-0.4, -0.2) is 43.5 Å². The van der Waals surface area contributed by atoms with Gasteiger partial charge in [0, 0.05) is 31.2 Å². The minimum absolute atomic E-state index is 0.000674. The van der Waals surface area contributed by atoms with Gasteiger partial charge in [0.15, 0.2) is 0 Å². The first kappa shape index (κ1) is 15.7. The largest absolute Gasteiger partial charge is 0.381 e. The summed E-state index contributed by atoms with van der Waals surface area (Å²) in [6, 6.07) is 2.73. The van der Waals surface area contributed by atoms with Gasteiger partial charge in [0.05, 0.1) is 0 Å². The van der Waals surface area contributed by atoms with Gasteiger partial charge in [-0.25, -0.2) is 8.78 Å². The van der Waals surface area contributed by atoms with Gasteiger partial charge in [-0.15, -0.1) is 0 Å². The molecular weight excluding hydrogens is 276 g/mol. The third-order valence-corrected chi connectivity index (χ3v) is 3.58. The molecule has 1 amide bonds. The van der Waals surface area contributed by atoms with Crippen molar-refractivity contribution in [2.45, 2.75) is 25.8 Å². The lowest BCUT2D eigenvalue weighted by Crippen LogP contribution is -2.34. The lowest BCUT2D eigenvalue weighted by atomic mass is 10.1. The van der Waals surface area contributed by atoms with Gasteiger partial charge in [-0.3, -0.25) is 4.79 Å². The zero-order valence-corrected chi connectivity index (χ0v) is 12.4. The Bertz CT molecular complexity index is 495. The third kappa shape index (κ3) is 4.14. The zero-order chi connectivity index (χ0) is 15.4. The topological polar surface area (TPSA) is 44.4 Å². The van der Waals surface area contributed by atoms with Crippen molar-refractivity contribution in [1.29, 1.82) is 0 Å². The molecule has 0 bridgehead atoms. The molecule has 0 saturated heterocycles. The third-order valence-electron chi connectivity index (χ3n) is 3.58. The van der Waals surface area contributed by atoms with E-state index in [0.29, 0.717) is 19.1 Å². The van der Waals surface area contributed by atoms with Crippen LogP contribution in [0.3, 0.4) is 0 Å². The summed E-state index contributed by atoms with van der Waals surface area (Å²) in [5.74, 6) is -1.96. The molecule has 6 heteroatoms. The minimum Gasteiger partial charge on any atom is -0.381 e. The fourth-order valence-electron chi connectivity index (χ4n) is 2.20. The second-order valence-corrected chi connectivity index (χ2v) is 5.31. The van der Waals surface area contributed by atoms with E-state index < -0.39 is 17.5 Å². The molecule has 0 aromatic heterocycles. The summed E-state index contributed by atoms with van der Waals surface area (Å²) in [7, 11) is 2.01. The van der Waals surface area contributed by atoms with Crippen molar-refractivity contribution in [1.82, 2.24) is 10.2 Å². The summed E-state index contributed by atoms with van der Waals surface area (Å²) >= 11 is 0. The Kier molecular flexibility index (Phi) is 5.12. The molecule has 2 N–H and O–H groups in total. The monoisotopic (exact) mass is 297 g/mol. The van der Waals surface area contributed by atoms with Gasteiger partial charge in [0.1, 0.15) is 17.3 Å². The molecule has 0 radical (unpaired) electrons. The highest BCUT2D eigenvalue weighted by Crippen LogP contribution is 2.24. The Morgan fingerprint density at radius 3 is 2.48 bits per heavy atom. The Morgan fingerprint density at radius 1 is 1.33 bits per heavy atom. The van der Waals surface area contributed by atoms with E-state index in [-0.39, 0.29) is 11.3 Å². The normalized spacial score (nSPS) is 14.3. The molecule has 116 valence electrons. The predicted octanol–water partition coefficient (Wildman–Crippen LogP) is 2.22. The number of anilines is 1. The zero-order valence-electron chi connectivity index (χ0n) is 12.4. The number of carbonyl (C=O) groups is 1. The first-order chi connectivity index (χ1) is 10.0.